The first-order chi connectivity index (χ1) is 10.4. The van der Waals surface area contributed by atoms with Crippen LogP contribution in [0.5, 0.6) is 11.5 Å². The summed E-state index contributed by atoms with van der Waals surface area (Å²) in [6, 6.07) is 19.0. The van der Waals surface area contributed by atoms with E-state index in [4.69, 9.17) is 9.47 Å². The van der Waals surface area contributed by atoms with E-state index in [-0.39, 0.29) is 0 Å². The molecule has 0 aliphatic rings. The number of unbranched alkanes of at least 4 members (excludes halogenated alkanes) is 1. The van der Waals surface area contributed by atoms with Crippen LogP contribution < -0.4 is 9.47 Å². The molecule has 0 bridgehead atoms. The van der Waals surface area contributed by atoms with Gasteiger partial charge in [-0.05, 0) is 61.6 Å². The highest BCUT2D eigenvalue weighted by atomic mass is 16.5. The van der Waals surface area contributed by atoms with Crippen molar-refractivity contribution in [2.24, 2.45) is 0 Å². The highest BCUT2D eigenvalue weighted by molar-refractivity contribution is 5.27. The van der Waals surface area contributed by atoms with Crippen LogP contribution in [0.15, 0.2) is 48.5 Å². The molecule has 2 heteroatoms. The molecule has 21 heavy (non-hydrogen) atoms. The number of rotatable bonds is 9. The summed E-state index contributed by atoms with van der Waals surface area (Å²) in [7, 11) is 0. The predicted molar refractivity (Wildman–Crippen MR) is 85.9 cm³/mol. The van der Waals surface area contributed by atoms with Crippen molar-refractivity contribution in [2.45, 2.75) is 32.6 Å². The summed E-state index contributed by atoms with van der Waals surface area (Å²) >= 11 is 0. The predicted octanol–water partition coefficient (Wildman–Crippen LogP) is 4.68. The zero-order valence-electron chi connectivity index (χ0n) is 12.7. The maximum Gasteiger partial charge on any atom is 0.119 e. The first-order valence-electron chi connectivity index (χ1n) is 7.69. The van der Waals surface area contributed by atoms with Gasteiger partial charge >= 0.3 is 0 Å². The van der Waals surface area contributed by atoms with Crippen molar-refractivity contribution in [3.63, 3.8) is 0 Å². The molecule has 0 atom stereocenters. The smallest absolute Gasteiger partial charge is 0.119 e. The fourth-order valence-corrected chi connectivity index (χ4v) is 2.06. The molecule has 2 aromatic carbocycles. The van der Waals surface area contributed by atoms with Crippen molar-refractivity contribution in [1.82, 2.24) is 0 Å². The van der Waals surface area contributed by atoms with Gasteiger partial charge < -0.3 is 9.47 Å². The van der Waals surface area contributed by atoms with Crippen LogP contribution in [-0.2, 0) is 6.42 Å². The molecule has 0 spiro atoms. The summed E-state index contributed by atoms with van der Waals surface area (Å²) in [5.74, 6) is 1.89. The summed E-state index contributed by atoms with van der Waals surface area (Å²) in [5, 5.41) is 0. The summed E-state index contributed by atoms with van der Waals surface area (Å²) in [4.78, 5) is 0. The van der Waals surface area contributed by atoms with E-state index in [1.807, 2.05) is 24.3 Å². The van der Waals surface area contributed by atoms with E-state index >= 15 is 0 Å². The van der Waals surface area contributed by atoms with E-state index in [1.165, 1.54) is 5.56 Å². The Morgan fingerprint density at radius 3 is 2.19 bits per heavy atom. The Labute approximate surface area is 127 Å². The summed E-state index contributed by atoms with van der Waals surface area (Å²) in [6.07, 6.45) is 4.32. The lowest BCUT2D eigenvalue weighted by Gasteiger charge is -2.07. The van der Waals surface area contributed by atoms with Crippen LogP contribution in [-0.4, -0.2) is 13.2 Å². The minimum Gasteiger partial charge on any atom is -0.494 e. The van der Waals surface area contributed by atoms with Crippen LogP contribution in [0, 0.1) is 6.07 Å². The molecular weight excluding hydrogens is 260 g/mol. The Balaban J connectivity index is 1.62. The van der Waals surface area contributed by atoms with Crippen molar-refractivity contribution in [2.75, 3.05) is 13.2 Å². The van der Waals surface area contributed by atoms with Gasteiger partial charge in [0.1, 0.15) is 11.5 Å². The highest BCUT2D eigenvalue weighted by Gasteiger charge is 1.97. The van der Waals surface area contributed by atoms with Crippen LogP contribution in [0.3, 0.4) is 0 Å². The van der Waals surface area contributed by atoms with Crippen molar-refractivity contribution in [3.05, 3.63) is 60.2 Å². The fraction of sp³-hybridized carbons (Fsp3) is 0.368. The Hall–Kier alpha value is -1.96. The number of ether oxygens (including phenoxy) is 2. The van der Waals surface area contributed by atoms with Crippen molar-refractivity contribution in [1.29, 1.82) is 0 Å². The van der Waals surface area contributed by atoms with Gasteiger partial charge in [0, 0.05) is 0 Å². The highest BCUT2D eigenvalue weighted by Crippen LogP contribution is 2.14. The monoisotopic (exact) mass is 283 g/mol. The number of hydrogen-bond acceptors (Lipinski definition) is 2. The van der Waals surface area contributed by atoms with Crippen LogP contribution in [0.4, 0.5) is 0 Å². The average molecular weight is 283 g/mol. The van der Waals surface area contributed by atoms with E-state index < -0.39 is 0 Å². The quantitative estimate of drug-likeness (QED) is 0.622. The third-order valence-electron chi connectivity index (χ3n) is 3.21. The lowest BCUT2D eigenvalue weighted by atomic mass is 10.1. The van der Waals surface area contributed by atoms with Gasteiger partial charge in [0.15, 0.2) is 0 Å². The summed E-state index contributed by atoms with van der Waals surface area (Å²) in [6.45, 7) is 3.67. The van der Waals surface area contributed by atoms with Gasteiger partial charge in [0.2, 0.25) is 0 Å². The lowest BCUT2D eigenvalue weighted by molar-refractivity contribution is 0.307. The molecule has 111 valence electrons. The number of aryl methyl sites for hydroxylation is 1. The molecule has 0 saturated heterocycles. The topological polar surface area (TPSA) is 18.5 Å². The van der Waals surface area contributed by atoms with E-state index in [0.717, 1.165) is 50.4 Å². The van der Waals surface area contributed by atoms with Gasteiger partial charge in [-0.1, -0.05) is 31.2 Å². The van der Waals surface area contributed by atoms with Crippen LogP contribution in [0.1, 0.15) is 31.7 Å². The molecule has 0 aliphatic heterocycles. The van der Waals surface area contributed by atoms with Gasteiger partial charge in [-0.15, -0.1) is 0 Å². The molecule has 0 fully saturated rings. The van der Waals surface area contributed by atoms with Crippen molar-refractivity contribution >= 4 is 0 Å². The molecule has 0 unspecified atom stereocenters. The van der Waals surface area contributed by atoms with Gasteiger partial charge in [0.25, 0.3) is 0 Å². The Morgan fingerprint density at radius 2 is 1.48 bits per heavy atom. The Bertz CT molecular complexity index is 491. The Kier molecular flexibility index (Phi) is 6.66. The first kappa shape index (κ1) is 15.4. The van der Waals surface area contributed by atoms with E-state index in [1.54, 1.807) is 0 Å². The molecule has 0 aromatic heterocycles. The minimum atomic E-state index is 0.766. The standard InChI is InChI=1S/C19H23O2/c1-2-15-20-19-13-11-17(12-14-19)8-6-7-16-21-18-9-4-3-5-10-18/h4-5,9-14H,2,6-8,15-16H2,1H3. The third-order valence-corrected chi connectivity index (χ3v) is 3.21. The van der Waals surface area contributed by atoms with Gasteiger partial charge in [-0.2, -0.15) is 0 Å². The first-order valence-corrected chi connectivity index (χ1v) is 7.69. The van der Waals surface area contributed by atoms with Gasteiger partial charge in [-0.3, -0.25) is 0 Å². The molecule has 2 aromatic rings. The van der Waals surface area contributed by atoms with Crippen LogP contribution >= 0.6 is 0 Å². The fourth-order valence-electron chi connectivity index (χ4n) is 2.06. The van der Waals surface area contributed by atoms with Crippen molar-refractivity contribution in [3.8, 4) is 11.5 Å². The van der Waals surface area contributed by atoms with E-state index in [0.29, 0.717) is 0 Å². The third kappa shape index (κ3) is 5.90. The van der Waals surface area contributed by atoms with E-state index in [2.05, 4.69) is 37.3 Å². The van der Waals surface area contributed by atoms with Gasteiger partial charge in [-0.25, -0.2) is 0 Å². The summed E-state index contributed by atoms with van der Waals surface area (Å²) < 4.78 is 11.2. The van der Waals surface area contributed by atoms with Crippen LogP contribution in [0.2, 0.25) is 0 Å². The largest absolute Gasteiger partial charge is 0.494 e. The molecular formula is C19H23O2. The number of hydrogen-bond donors (Lipinski definition) is 0. The second-order valence-corrected chi connectivity index (χ2v) is 5.03. The second-order valence-electron chi connectivity index (χ2n) is 5.03. The number of benzene rings is 2. The lowest BCUT2D eigenvalue weighted by Crippen LogP contribution is -1.98. The molecule has 1 radical (unpaired) electrons. The SMILES string of the molecule is CCCOc1ccc(CCCCOc2cc[c]cc2)cc1. The van der Waals surface area contributed by atoms with Crippen molar-refractivity contribution < 1.29 is 9.47 Å². The molecule has 0 heterocycles. The minimum absolute atomic E-state index is 0.766. The van der Waals surface area contributed by atoms with Gasteiger partial charge in [0.05, 0.1) is 13.2 Å². The molecule has 0 saturated carbocycles. The van der Waals surface area contributed by atoms with Crippen LogP contribution in [0.25, 0.3) is 0 Å². The maximum atomic E-state index is 5.67. The van der Waals surface area contributed by atoms with E-state index in [9.17, 15) is 0 Å². The molecule has 0 amide bonds. The Morgan fingerprint density at radius 1 is 0.810 bits per heavy atom. The maximum absolute atomic E-state index is 5.67. The molecule has 2 rings (SSSR count). The zero-order chi connectivity index (χ0) is 14.8. The average Bonchev–Trinajstić information content (AvgIpc) is 2.55. The second kappa shape index (κ2) is 9.06. The molecule has 0 N–H and O–H groups in total. The molecule has 2 nitrogen and oxygen atoms in total. The normalized spacial score (nSPS) is 10.3. The zero-order valence-corrected chi connectivity index (χ0v) is 12.7. The molecule has 0 aliphatic carbocycles. The summed E-state index contributed by atoms with van der Waals surface area (Å²) in [5.41, 5.74) is 1.35.